The minimum atomic E-state index is 0.956. The molecule has 284 valence electrons. The molecule has 0 aromatic heterocycles. The highest BCUT2D eigenvalue weighted by atomic mass is 15.4. The molecular weight excluding hydrogens is 643 g/mol. The van der Waals surface area contributed by atoms with E-state index in [0.717, 1.165) is 113 Å². The summed E-state index contributed by atoms with van der Waals surface area (Å²) in [6.07, 6.45) is 20.2. The highest BCUT2D eigenvalue weighted by Gasteiger charge is 2.26. The molecule has 52 heavy (non-hydrogen) atoms. The fourth-order valence-corrected chi connectivity index (χ4v) is 9.12. The smallest absolute Gasteiger partial charge is 0.201 e. The van der Waals surface area contributed by atoms with Gasteiger partial charge in [-0.15, -0.1) is 0 Å². The Bertz CT molecular complexity index is 1420. The zero-order valence-corrected chi connectivity index (χ0v) is 32.7. The van der Waals surface area contributed by atoms with Gasteiger partial charge in [0.05, 0.1) is 17.1 Å². The average Bonchev–Trinajstić information content (AvgIpc) is 3.22. The molecule has 9 heteroatoms. The maximum atomic E-state index is 5.72. The molecule has 2 aromatic rings. The van der Waals surface area contributed by atoms with Crippen LogP contribution in [-0.2, 0) is 0 Å². The lowest BCUT2D eigenvalue weighted by atomic mass is 10.0. The molecule has 7 rings (SSSR count). The van der Waals surface area contributed by atoms with E-state index in [0.29, 0.717) is 0 Å². The van der Waals surface area contributed by atoms with Crippen molar-refractivity contribution in [1.29, 1.82) is 0 Å². The van der Waals surface area contributed by atoms with Gasteiger partial charge in [0.15, 0.2) is 0 Å². The first-order valence-electron chi connectivity index (χ1n) is 21.5. The van der Waals surface area contributed by atoms with Gasteiger partial charge in [0.1, 0.15) is 0 Å². The number of nitrogens with zero attached hydrogens (tertiary/aromatic N) is 9. The predicted molar refractivity (Wildman–Crippen MR) is 220 cm³/mol. The summed E-state index contributed by atoms with van der Waals surface area (Å²) in [7, 11) is 0. The summed E-state index contributed by atoms with van der Waals surface area (Å²) in [5.74, 6) is 3.49. The Morgan fingerprint density at radius 2 is 0.885 bits per heavy atom. The van der Waals surface area contributed by atoms with E-state index in [1.165, 1.54) is 114 Å². The lowest BCUT2D eigenvalue weighted by Gasteiger charge is -2.38. The highest BCUT2D eigenvalue weighted by Crippen LogP contribution is 2.41. The van der Waals surface area contributed by atoms with Crippen molar-refractivity contribution < 1.29 is 0 Å². The minimum Gasteiger partial charge on any atom is -0.343 e. The van der Waals surface area contributed by atoms with Crippen LogP contribution in [0.5, 0.6) is 0 Å². The number of hydrogen-bond acceptors (Lipinski definition) is 3. The number of aliphatic imine (C=N–C) groups is 3. The SMILES string of the molecule is CCCN(CC)C(=Nc1cccc2c(N=C(N3CCCCC3)N3CCCCC3)ccc(N=C(N3CCCCC3)N3CCCCC3)c12)N1CCCCC1. The molecular formula is C43H67N9. The third kappa shape index (κ3) is 8.82. The van der Waals surface area contributed by atoms with Crippen LogP contribution in [0.25, 0.3) is 10.8 Å². The molecule has 2 aromatic carbocycles. The molecule has 0 amide bonds. The topological polar surface area (TPSA) is 56.5 Å². The summed E-state index contributed by atoms with van der Waals surface area (Å²) >= 11 is 0. The molecule has 0 N–H and O–H groups in total. The van der Waals surface area contributed by atoms with E-state index in [4.69, 9.17) is 15.0 Å². The molecule has 5 aliphatic heterocycles. The first-order valence-corrected chi connectivity index (χ1v) is 21.5. The fraction of sp³-hybridized carbons (Fsp3) is 0.698. The first-order chi connectivity index (χ1) is 25.7. The van der Waals surface area contributed by atoms with Crippen molar-refractivity contribution in [1.82, 2.24) is 29.4 Å². The first kappa shape index (κ1) is 36.9. The van der Waals surface area contributed by atoms with Gasteiger partial charge in [0.2, 0.25) is 17.9 Å². The molecule has 0 radical (unpaired) electrons. The van der Waals surface area contributed by atoms with Crippen molar-refractivity contribution >= 4 is 45.7 Å². The van der Waals surface area contributed by atoms with Crippen LogP contribution < -0.4 is 0 Å². The Morgan fingerprint density at radius 3 is 1.33 bits per heavy atom. The summed E-state index contributed by atoms with van der Waals surface area (Å²) in [5, 5.41) is 2.32. The van der Waals surface area contributed by atoms with E-state index < -0.39 is 0 Å². The Morgan fingerprint density at radius 1 is 0.481 bits per heavy atom. The van der Waals surface area contributed by atoms with Gasteiger partial charge in [0, 0.05) is 89.3 Å². The van der Waals surface area contributed by atoms with Gasteiger partial charge in [-0.3, -0.25) is 0 Å². The highest BCUT2D eigenvalue weighted by molar-refractivity contribution is 6.09. The molecule has 9 nitrogen and oxygen atoms in total. The Hall–Kier alpha value is -3.49. The second-order valence-electron chi connectivity index (χ2n) is 15.9. The number of piperidine rings is 5. The molecule has 5 heterocycles. The van der Waals surface area contributed by atoms with E-state index in [9.17, 15) is 0 Å². The van der Waals surface area contributed by atoms with Crippen LogP contribution in [0.4, 0.5) is 17.1 Å². The van der Waals surface area contributed by atoms with Gasteiger partial charge in [0.25, 0.3) is 0 Å². The molecule has 0 aliphatic carbocycles. The van der Waals surface area contributed by atoms with Crippen molar-refractivity contribution in [2.75, 3.05) is 78.5 Å². The molecule has 0 atom stereocenters. The Kier molecular flexibility index (Phi) is 13.1. The van der Waals surface area contributed by atoms with Gasteiger partial charge in [-0.25, -0.2) is 15.0 Å². The normalized spacial score (nSPS) is 20.7. The van der Waals surface area contributed by atoms with Crippen LogP contribution in [0.1, 0.15) is 117 Å². The van der Waals surface area contributed by atoms with Crippen LogP contribution in [0.2, 0.25) is 0 Å². The maximum absolute atomic E-state index is 5.72. The van der Waals surface area contributed by atoms with Gasteiger partial charge in [-0.1, -0.05) is 19.1 Å². The number of fused-ring (bicyclic) bond motifs is 1. The fourth-order valence-electron chi connectivity index (χ4n) is 9.12. The summed E-state index contributed by atoms with van der Waals surface area (Å²) in [4.78, 5) is 32.5. The second-order valence-corrected chi connectivity index (χ2v) is 15.9. The minimum absolute atomic E-state index is 0.956. The lowest BCUT2D eigenvalue weighted by molar-refractivity contribution is 0.257. The summed E-state index contributed by atoms with van der Waals surface area (Å²) in [5.41, 5.74) is 3.11. The van der Waals surface area contributed by atoms with Crippen LogP contribution in [0.15, 0.2) is 45.3 Å². The zero-order chi connectivity index (χ0) is 35.5. The molecule has 0 saturated carbocycles. The molecule has 0 spiro atoms. The van der Waals surface area contributed by atoms with Gasteiger partial charge < -0.3 is 29.4 Å². The molecule has 0 unspecified atom stereocenters. The van der Waals surface area contributed by atoms with Crippen molar-refractivity contribution in [2.24, 2.45) is 15.0 Å². The quantitative estimate of drug-likeness (QED) is 0.221. The van der Waals surface area contributed by atoms with Crippen molar-refractivity contribution in [3.8, 4) is 0 Å². The van der Waals surface area contributed by atoms with Crippen LogP contribution >= 0.6 is 0 Å². The third-order valence-electron chi connectivity index (χ3n) is 12.0. The van der Waals surface area contributed by atoms with Crippen LogP contribution in [-0.4, -0.2) is 126 Å². The van der Waals surface area contributed by atoms with Crippen LogP contribution in [0, 0.1) is 0 Å². The number of rotatable bonds is 6. The number of hydrogen-bond donors (Lipinski definition) is 0. The van der Waals surface area contributed by atoms with E-state index in [-0.39, 0.29) is 0 Å². The largest absolute Gasteiger partial charge is 0.343 e. The van der Waals surface area contributed by atoms with Gasteiger partial charge in [-0.05, 0) is 128 Å². The second kappa shape index (κ2) is 18.5. The standard InChI is InChI=1S/C43H67N9/c1-3-25-47(4-2)41(48-26-10-5-11-27-48)45-38-22-20-21-36-37(44-42(49-28-12-6-13-29-49)50-30-14-7-15-31-50)23-24-39(40(36)38)46-43(51-32-16-8-17-33-51)52-34-18-9-19-35-52/h20-24H,3-19,25-35H2,1-2H3. The van der Waals surface area contributed by atoms with E-state index in [1.807, 2.05) is 0 Å². The summed E-state index contributed by atoms with van der Waals surface area (Å²) in [6, 6.07) is 11.3. The average molecular weight is 710 g/mol. The zero-order valence-electron chi connectivity index (χ0n) is 32.7. The van der Waals surface area contributed by atoms with Crippen molar-refractivity contribution in [3.63, 3.8) is 0 Å². The molecule has 5 fully saturated rings. The third-order valence-corrected chi connectivity index (χ3v) is 12.0. The Balaban J connectivity index is 1.42. The number of guanidine groups is 3. The maximum Gasteiger partial charge on any atom is 0.201 e. The summed E-state index contributed by atoms with van der Waals surface area (Å²) in [6.45, 7) is 17.5. The van der Waals surface area contributed by atoms with Gasteiger partial charge >= 0.3 is 0 Å². The van der Waals surface area contributed by atoms with Gasteiger partial charge in [-0.2, -0.15) is 0 Å². The van der Waals surface area contributed by atoms with Crippen molar-refractivity contribution in [3.05, 3.63) is 30.3 Å². The molecule has 5 saturated heterocycles. The molecule has 5 aliphatic rings. The van der Waals surface area contributed by atoms with Crippen LogP contribution in [0.3, 0.4) is 0 Å². The number of benzene rings is 2. The van der Waals surface area contributed by atoms with Crippen molar-refractivity contribution in [2.45, 2.75) is 117 Å². The number of likely N-dealkylation sites (tertiary alicyclic amines) is 5. The molecule has 0 bridgehead atoms. The van der Waals surface area contributed by atoms with E-state index in [1.54, 1.807) is 0 Å². The predicted octanol–water partition coefficient (Wildman–Crippen LogP) is 8.96. The lowest BCUT2D eigenvalue weighted by Crippen LogP contribution is -2.48. The Labute approximate surface area is 314 Å². The van der Waals surface area contributed by atoms with E-state index in [2.05, 4.69) is 73.6 Å². The van der Waals surface area contributed by atoms with E-state index >= 15 is 0 Å². The summed E-state index contributed by atoms with van der Waals surface area (Å²) < 4.78 is 0. The monoisotopic (exact) mass is 710 g/mol.